The summed E-state index contributed by atoms with van der Waals surface area (Å²) >= 11 is 0. The lowest BCUT2D eigenvalue weighted by Crippen LogP contribution is -2.61. The van der Waals surface area contributed by atoms with Crippen LogP contribution in [0.1, 0.15) is 34.1 Å². The lowest BCUT2D eigenvalue weighted by Gasteiger charge is -2.45. The number of nitrogens with one attached hydrogen (secondary N) is 1. The van der Waals surface area contributed by atoms with Gasteiger partial charge in [0.25, 0.3) is 0 Å². The molecule has 4 unspecified atom stereocenters. The van der Waals surface area contributed by atoms with Gasteiger partial charge in [-0.15, -0.1) is 0 Å². The van der Waals surface area contributed by atoms with E-state index in [0.717, 1.165) is 19.6 Å². The van der Waals surface area contributed by atoms with Crippen LogP contribution in [0.4, 0.5) is 0 Å². The van der Waals surface area contributed by atoms with Crippen molar-refractivity contribution >= 4 is 0 Å². The SMILES string of the molecule is CCC(C)C1CN(CC(COC)OC)C(C(C)C)CN1. The van der Waals surface area contributed by atoms with Gasteiger partial charge < -0.3 is 14.8 Å². The van der Waals surface area contributed by atoms with Crippen molar-refractivity contribution in [2.45, 2.75) is 52.3 Å². The van der Waals surface area contributed by atoms with Crippen LogP contribution in [0.25, 0.3) is 0 Å². The number of hydrogen-bond acceptors (Lipinski definition) is 4. The van der Waals surface area contributed by atoms with Gasteiger partial charge in [0.15, 0.2) is 0 Å². The van der Waals surface area contributed by atoms with Gasteiger partial charge in [0, 0.05) is 45.9 Å². The zero-order valence-corrected chi connectivity index (χ0v) is 14.2. The van der Waals surface area contributed by atoms with Crippen molar-refractivity contribution in [1.82, 2.24) is 10.2 Å². The van der Waals surface area contributed by atoms with Crippen molar-refractivity contribution in [3.05, 3.63) is 0 Å². The first kappa shape index (κ1) is 17.9. The van der Waals surface area contributed by atoms with E-state index in [-0.39, 0.29) is 6.10 Å². The second-order valence-corrected chi connectivity index (χ2v) is 6.48. The van der Waals surface area contributed by atoms with Crippen molar-refractivity contribution in [3.8, 4) is 0 Å². The van der Waals surface area contributed by atoms with E-state index in [1.54, 1.807) is 14.2 Å². The Balaban J connectivity index is 2.67. The van der Waals surface area contributed by atoms with E-state index < -0.39 is 0 Å². The Labute approximate surface area is 125 Å². The molecular formula is C16H34N2O2. The molecule has 1 saturated heterocycles. The third-order valence-electron chi connectivity index (χ3n) is 4.71. The number of methoxy groups -OCH3 is 2. The average Bonchev–Trinajstić information content (AvgIpc) is 2.45. The van der Waals surface area contributed by atoms with E-state index in [1.165, 1.54) is 6.42 Å². The molecule has 0 aromatic carbocycles. The van der Waals surface area contributed by atoms with Crippen LogP contribution in [0, 0.1) is 11.8 Å². The molecule has 4 nitrogen and oxygen atoms in total. The highest BCUT2D eigenvalue weighted by Crippen LogP contribution is 2.20. The molecular weight excluding hydrogens is 252 g/mol. The third kappa shape index (κ3) is 4.99. The summed E-state index contributed by atoms with van der Waals surface area (Å²) in [5.74, 6) is 1.37. The maximum Gasteiger partial charge on any atom is 0.0931 e. The molecule has 0 aromatic heterocycles. The third-order valence-corrected chi connectivity index (χ3v) is 4.71. The van der Waals surface area contributed by atoms with Crippen LogP contribution in [0.15, 0.2) is 0 Å². The summed E-state index contributed by atoms with van der Waals surface area (Å²) in [6.45, 7) is 13.0. The molecule has 0 aliphatic carbocycles. The first-order valence-electron chi connectivity index (χ1n) is 8.02. The van der Waals surface area contributed by atoms with Gasteiger partial charge in [-0.05, 0) is 11.8 Å². The Bertz CT molecular complexity index is 259. The van der Waals surface area contributed by atoms with Crippen LogP contribution < -0.4 is 5.32 Å². The van der Waals surface area contributed by atoms with E-state index in [2.05, 4.69) is 37.9 Å². The van der Waals surface area contributed by atoms with E-state index in [0.29, 0.717) is 30.5 Å². The van der Waals surface area contributed by atoms with Gasteiger partial charge in [0.2, 0.25) is 0 Å². The molecule has 0 amide bonds. The number of piperazine rings is 1. The summed E-state index contributed by atoms with van der Waals surface area (Å²) in [5, 5.41) is 3.74. The van der Waals surface area contributed by atoms with Gasteiger partial charge in [-0.3, -0.25) is 4.90 Å². The van der Waals surface area contributed by atoms with E-state index in [1.807, 2.05) is 0 Å². The number of rotatable bonds is 8. The molecule has 0 aromatic rings. The minimum atomic E-state index is 0.164. The molecule has 0 saturated carbocycles. The lowest BCUT2D eigenvalue weighted by atomic mass is 9.92. The molecule has 1 rings (SSSR count). The second-order valence-electron chi connectivity index (χ2n) is 6.48. The standard InChI is InChI=1S/C16H34N2O2/c1-7-13(4)15-10-18(9-14(20-6)11-19-5)16(8-17-15)12(2)3/h12-17H,7-11H2,1-6H3. The summed E-state index contributed by atoms with van der Waals surface area (Å²) < 4.78 is 10.8. The van der Waals surface area contributed by atoms with Crippen LogP contribution in [-0.2, 0) is 9.47 Å². The van der Waals surface area contributed by atoms with Gasteiger partial charge in [-0.1, -0.05) is 34.1 Å². The molecule has 0 radical (unpaired) electrons. The fourth-order valence-electron chi connectivity index (χ4n) is 3.03. The first-order valence-corrected chi connectivity index (χ1v) is 8.02. The van der Waals surface area contributed by atoms with Crippen molar-refractivity contribution in [3.63, 3.8) is 0 Å². The van der Waals surface area contributed by atoms with Crippen molar-refractivity contribution in [1.29, 1.82) is 0 Å². The summed E-state index contributed by atoms with van der Waals surface area (Å²) in [4.78, 5) is 2.60. The molecule has 1 heterocycles. The fourth-order valence-corrected chi connectivity index (χ4v) is 3.03. The number of ether oxygens (including phenoxy) is 2. The highest BCUT2D eigenvalue weighted by molar-refractivity contribution is 4.90. The Kier molecular flexibility index (Phi) is 8.03. The molecule has 1 aliphatic rings. The minimum absolute atomic E-state index is 0.164. The molecule has 4 heteroatoms. The Hall–Kier alpha value is -0.160. The van der Waals surface area contributed by atoms with Crippen LogP contribution in [-0.4, -0.2) is 63.5 Å². The van der Waals surface area contributed by atoms with Gasteiger partial charge in [0.05, 0.1) is 12.7 Å². The van der Waals surface area contributed by atoms with E-state index >= 15 is 0 Å². The van der Waals surface area contributed by atoms with E-state index in [9.17, 15) is 0 Å². The second kappa shape index (κ2) is 8.98. The summed E-state index contributed by atoms with van der Waals surface area (Å²) in [5.41, 5.74) is 0. The predicted molar refractivity (Wildman–Crippen MR) is 84.1 cm³/mol. The van der Waals surface area contributed by atoms with Crippen molar-refractivity contribution < 1.29 is 9.47 Å². The fraction of sp³-hybridized carbons (Fsp3) is 1.00. The topological polar surface area (TPSA) is 33.7 Å². The highest BCUT2D eigenvalue weighted by atomic mass is 16.5. The van der Waals surface area contributed by atoms with Gasteiger partial charge in [-0.2, -0.15) is 0 Å². The molecule has 20 heavy (non-hydrogen) atoms. The normalized spacial score (nSPS) is 27.8. The van der Waals surface area contributed by atoms with Gasteiger partial charge in [-0.25, -0.2) is 0 Å². The zero-order valence-electron chi connectivity index (χ0n) is 14.2. The summed E-state index contributed by atoms with van der Waals surface area (Å²) in [6, 6.07) is 1.18. The first-order chi connectivity index (χ1) is 9.53. The van der Waals surface area contributed by atoms with Crippen LogP contribution in [0.2, 0.25) is 0 Å². The maximum atomic E-state index is 5.56. The Morgan fingerprint density at radius 2 is 1.95 bits per heavy atom. The Morgan fingerprint density at radius 3 is 2.45 bits per heavy atom. The Morgan fingerprint density at radius 1 is 1.25 bits per heavy atom. The average molecular weight is 286 g/mol. The predicted octanol–water partition coefficient (Wildman–Crippen LogP) is 1.99. The monoisotopic (exact) mass is 286 g/mol. The van der Waals surface area contributed by atoms with Crippen LogP contribution in [0.5, 0.6) is 0 Å². The largest absolute Gasteiger partial charge is 0.382 e. The quantitative estimate of drug-likeness (QED) is 0.740. The summed E-state index contributed by atoms with van der Waals surface area (Å²) in [7, 11) is 3.52. The maximum absolute atomic E-state index is 5.56. The summed E-state index contributed by atoms with van der Waals surface area (Å²) in [6.07, 6.45) is 1.39. The molecule has 0 bridgehead atoms. The van der Waals surface area contributed by atoms with Crippen molar-refractivity contribution in [2.75, 3.05) is 40.5 Å². The molecule has 0 spiro atoms. The smallest absolute Gasteiger partial charge is 0.0931 e. The molecule has 120 valence electrons. The van der Waals surface area contributed by atoms with Crippen molar-refractivity contribution in [2.24, 2.45) is 11.8 Å². The molecule has 1 fully saturated rings. The highest BCUT2D eigenvalue weighted by Gasteiger charge is 2.32. The number of hydrogen-bond donors (Lipinski definition) is 1. The molecule has 1 aliphatic heterocycles. The van der Waals surface area contributed by atoms with E-state index in [4.69, 9.17) is 9.47 Å². The van der Waals surface area contributed by atoms with Crippen LogP contribution >= 0.6 is 0 Å². The molecule has 1 N–H and O–H groups in total. The van der Waals surface area contributed by atoms with Gasteiger partial charge in [0.1, 0.15) is 0 Å². The molecule has 4 atom stereocenters. The minimum Gasteiger partial charge on any atom is -0.382 e. The van der Waals surface area contributed by atoms with Crippen LogP contribution in [0.3, 0.4) is 0 Å². The lowest BCUT2D eigenvalue weighted by molar-refractivity contribution is -0.0201. The zero-order chi connectivity index (χ0) is 15.1. The van der Waals surface area contributed by atoms with Gasteiger partial charge >= 0.3 is 0 Å². The number of nitrogens with zero attached hydrogens (tertiary/aromatic N) is 1.